The van der Waals surface area contributed by atoms with E-state index in [1.807, 2.05) is 18.2 Å². The van der Waals surface area contributed by atoms with Gasteiger partial charge in [-0.3, -0.25) is 19.5 Å². The number of rotatable bonds is 4. The third-order valence-corrected chi connectivity index (χ3v) is 4.06. The summed E-state index contributed by atoms with van der Waals surface area (Å²) in [5, 5.41) is 13.7. The second-order valence-electron chi connectivity index (χ2n) is 4.72. The molecule has 0 radical (unpaired) electrons. The number of amides is 2. The van der Waals surface area contributed by atoms with Gasteiger partial charge in [0.25, 0.3) is 11.8 Å². The van der Waals surface area contributed by atoms with Crippen LogP contribution in [0.1, 0.15) is 0 Å². The number of benzene rings is 1. The summed E-state index contributed by atoms with van der Waals surface area (Å²) >= 11 is 3.46. The Balaban J connectivity index is 1.95. The minimum atomic E-state index is -0.441. The highest BCUT2D eigenvalue weighted by Gasteiger charge is 2.30. The van der Waals surface area contributed by atoms with Crippen LogP contribution in [0.25, 0.3) is 10.8 Å². The highest BCUT2D eigenvalue weighted by atomic mass is 79.9. The maximum absolute atomic E-state index is 12.2. The molecule has 1 aliphatic heterocycles. The Morgan fingerprint density at radius 1 is 1.23 bits per heavy atom. The average Bonchev–Trinajstić information content (AvgIpc) is 2.78. The topological polar surface area (TPSA) is 82.5 Å². The first-order chi connectivity index (χ1) is 10.6. The third-order valence-electron chi connectivity index (χ3n) is 3.37. The Labute approximate surface area is 134 Å². The molecular formula is C15H12BrN3O3. The van der Waals surface area contributed by atoms with Crippen LogP contribution in [0.2, 0.25) is 0 Å². The Hall–Kier alpha value is -2.25. The lowest BCUT2D eigenvalue weighted by Gasteiger charge is -2.14. The number of β-amino-alcohol motifs (C(OH)–C–C–N with tert-alkyl or cyclic N) is 1. The number of aromatic nitrogens is 1. The molecule has 2 aromatic rings. The molecule has 3 rings (SSSR count). The number of carbonyl (C=O) groups is 2. The van der Waals surface area contributed by atoms with Gasteiger partial charge in [0.05, 0.1) is 13.2 Å². The summed E-state index contributed by atoms with van der Waals surface area (Å²) in [6.45, 7) is -0.268. The van der Waals surface area contributed by atoms with E-state index in [0.29, 0.717) is 5.69 Å². The van der Waals surface area contributed by atoms with Gasteiger partial charge in [-0.25, -0.2) is 0 Å². The van der Waals surface area contributed by atoms with Crippen molar-refractivity contribution in [3.8, 4) is 0 Å². The molecule has 1 aromatic heterocycles. The van der Waals surface area contributed by atoms with Crippen molar-refractivity contribution < 1.29 is 14.7 Å². The molecular weight excluding hydrogens is 350 g/mol. The van der Waals surface area contributed by atoms with E-state index in [-0.39, 0.29) is 18.8 Å². The molecule has 1 aliphatic rings. The van der Waals surface area contributed by atoms with Gasteiger partial charge < -0.3 is 10.4 Å². The molecule has 22 heavy (non-hydrogen) atoms. The molecule has 0 atom stereocenters. The van der Waals surface area contributed by atoms with Crippen LogP contribution in [-0.2, 0) is 9.59 Å². The summed E-state index contributed by atoms with van der Waals surface area (Å²) in [7, 11) is 0. The van der Waals surface area contributed by atoms with Gasteiger partial charge in [-0.1, -0.05) is 15.9 Å². The molecule has 2 heterocycles. The number of pyridine rings is 1. The molecule has 6 nitrogen and oxygen atoms in total. The molecule has 2 amide bonds. The van der Waals surface area contributed by atoms with Crippen LogP contribution in [0.4, 0.5) is 5.69 Å². The zero-order valence-corrected chi connectivity index (χ0v) is 13.0. The highest BCUT2D eigenvalue weighted by Crippen LogP contribution is 2.30. The molecule has 1 aromatic carbocycles. The number of hydrogen-bond donors (Lipinski definition) is 2. The van der Waals surface area contributed by atoms with Gasteiger partial charge in [0.2, 0.25) is 0 Å². The monoisotopic (exact) mass is 361 g/mol. The number of halogens is 1. The van der Waals surface area contributed by atoms with Crippen LogP contribution in [0, 0.1) is 0 Å². The van der Waals surface area contributed by atoms with Gasteiger partial charge in [0.15, 0.2) is 0 Å². The maximum Gasteiger partial charge on any atom is 0.277 e. The van der Waals surface area contributed by atoms with Crippen molar-refractivity contribution in [1.29, 1.82) is 0 Å². The first kappa shape index (κ1) is 14.7. The fraction of sp³-hybridized carbons (Fsp3) is 0.133. The van der Waals surface area contributed by atoms with Gasteiger partial charge >= 0.3 is 0 Å². The van der Waals surface area contributed by atoms with Gasteiger partial charge in [0, 0.05) is 39.4 Å². The molecule has 0 fully saturated rings. The molecule has 112 valence electrons. The van der Waals surface area contributed by atoms with Gasteiger partial charge in [-0.15, -0.1) is 0 Å². The molecule has 0 bridgehead atoms. The van der Waals surface area contributed by atoms with Gasteiger partial charge in [-0.05, 0) is 18.2 Å². The number of nitrogens with zero attached hydrogens (tertiary/aromatic N) is 2. The minimum Gasteiger partial charge on any atom is -0.395 e. The summed E-state index contributed by atoms with van der Waals surface area (Å²) in [4.78, 5) is 29.0. The van der Waals surface area contributed by atoms with Crippen molar-refractivity contribution in [2.75, 3.05) is 18.5 Å². The zero-order valence-electron chi connectivity index (χ0n) is 11.4. The van der Waals surface area contributed by atoms with E-state index < -0.39 is 11.8 Å². The molecule has 2 N–H and O–H groups in total. The quantitative estimate of drug-likeness (QED) is 0.809. The summed E-state index contributed by atoms with van der Waals surface area (Å²) in [5.74, 6) is -0.867. The number of carbonyl (C=O) groups excluding carboxylic acids is 2. The lowest BCUT2D eigenvalue weighted by molar-refractivity contribution is -0.137. The number of aliphatic hydroxyl groups is 1. The third kappa shape index (κ3) is 2.49. The standard InChI is InChI=1S/C15H12BrN3O3/c16-11-1-2-12(9-3-4-17-8-10(9)11)18-13-7-14(21)19(5-6-20)15(13)22/h1-4,7-8,18,20H,5-6H2. The van der Waals surface area contributed by atoms with Crippen LogP contribution in [0.5, 0.6) is 0 Å². The fourth-order valence-corrected chi connectivity index (χ4v) is 2.77. The summed E-state index contributed by atoms with van der Waals surface area (Å²) in [5.41, 5.74) is 0.901. The van der Waals surface area contributed by atoms with E-state index >= 15 is 0 Å². The Morgan fingerprint density at radius 3 is 2.82 bits per heavy atom. The number of aliphatic hydroxyl groups excluding tert-OH is 1. The number of hydrogen-bond acceptors (Lipinski definition) is 5. The predicted octanol–water partition coefficient (Wildman–Crippen LogP) is 1.65. The summed E-state index contributed by atoms with van der Waals surface area (Å²) < 4.78 is 0.894. The lowest BCUT2D eigenvalue weighted by Crippen LogP contribution is -2.34. The Morgan fingerprint density at radius 2 is 2.05 bits per heavy atom. The first-order valence-electron chi connectivity index (χ1n) is 6.59. The second-order valence-corrected chi connectivity index (χ2v) is 5.57. The largest absolute Gasteiger partial charge is 0.395 e. The van der Waals surface area contributed by atoms with Crippen molar-refractivity contribution in [2.24, 2.45) is 0 Å². The minimum absolute atomic E-state index is 0.00957. The summed E-state index contributed by atoms with van der Waals surface area (Å²) in [6.07, 6.45) is 4.62. The van der Waals surface area contributed by atoms with E-state index in [2.05, 4.69) is 26.2 Å². The number of fused-ring (bicyclic) bond motifs is 1. The van der Waals surface area contributed by atoms with Gasteiger partial charge in [0.1, 0.15) is 5.70 Å². The molecule has 0 spiro atoms. The van der Waals surface area contributed by atoms with E-state index in [4.69, 9.17) is 5.11 Å². The van der Waals surface area contributed by atoms with Gasteiger partial charge in [-0.2, -0.15) is 0 Å². The SMILES string of the molecule is O=C1C=C(Nc2ccc(Br)c3cnccc23)C(=O)N1CCO. The molecule has 0 aliphatic carbocycles. The second kappa shape index (κ2) is 5.86. The fourth-order valence-electron chi connectivity index (χ4n) is 2.32. The number of nitrogens with one attached hydrogen (secondary N) is 1. The van der Waals surface area contributed by atoms with Crippen LogP contribution in [-0.4, -0.2) is 40.0 Å². The predicted molar refractivity (Wildman–Crippen MR) is 85.0 cm³/mol. The van der Waals surface area contributed by atoms with Crippen LogP contribution in [0.15, 0.2) is 46.8 Å². The Kier molecular flexibility index (Phi) is 3.91. The van der Waals surface area contributed by atoms with Crippen molar-refractivity contribution in [3.63, 3.8) is 0 Å². The Bertz CT molecular complexity index is 804. The highest BCUT2D eigenvalue weighted by molar-refractivity contribution is 9.10. The number of imide groups is 1. The zero-order chi connectivity index (χ0) is 15.7. The average molecular weight is 362 g/mol. The molecule has 0 saturated heterocycles. The van der Waals surface area contributed by atoms with Crippen molar-refractivity contribution in [2.45, 2.75) is 0 Å². The van der Waals surface area contributed by atoms with Crippen molar-refractivity contribution >= 4 is 44.2 Å². The van der Waals surface area contributed by atoms with Crippen molar-refractivity contribution in [3.05, 3.63) is 46.8 Å². The van der Waals surface area contributed by atoms with E-state index in [1.165, 1.54) is 6.08 Å². The van der Waals surface area contributed by atoms with E-state index in [0.717, 1.165) is 20.1 Å². The van der Waals surface area contributed by atoms with Crippen LogP contribution < -0.4 is 5.32 Å². The van der Waals surface area contributed by atoms with Crippen molar-refractivity contribution in [1.82, 2.24) is 9.88 Å². The first-order valence-corrected chi connectivity index (χ1v) is 7.39. The number of anilines is 1. The van der Waals surface area contributed by atoms with E-state index in [9.17, 15) is 9.59 Å². The molecule has 7 heteroatoms. The molecule has 0 saturated carbocycles. The normalized spacial score (nSPS) is 14.6. The van der Waals surface area contributed by atoms with Crippen LogP contribution >= 0.6 is 15.9 Å². The summed E-state index contributed by atoms with van der Waals surface area (Å²) in [6, 6.07) is 5.50. The maximum atomic E-state index is 12.2. The smallest absolute Gasteiger partial charge is 0.277 e. The molecule has 0 unspecified atom stereocenters. The van der Waals surface area contributed by atoms with E-state index in [1.54, 1.807) is 12.4 Å². The lowest BCUT2D eigenvalue weighted by atomic mass is 10.1. The van der Waals surface area contributed by atoms with Crippen LogP contribution in [0.3, 0.4) is 0 Å².